The molecule has 4 rings (SSSR count). The number of carboxylic acid groups (broad SMARTS) is 1. The second-order valence-electron chi connectivity index (χ2n) is 13.2. The van der Waals surface area contributed by atoms with Crippen molar-refractivity contribution in [1.82, 2.24) is 5.32 Å². The topological polar surface area (TPSA) is 461 Å². The number of azide groups is 1. The molecule has 32 heteroatoms. The molecule has 4 aliphatic rings. The first-order valence-electron chi connectivity index (χ1n) is 17.2. The van der Waals surface area contributed by atoms with Gasteiger partial charge in [0.05, 0.1) is 32.4 Å². The zero-order valence-corrected chi connectivity index (χ0v) is 36.7. The van der Waals surface area contributed by atoms with Gasteiger partial charge in [-0.3, -0.25) is 8.98 Å². The van der Waals surface area contributed by atoms with E-state index < -0.39 is 165 Å². The molecule has 0 radical (unpaired) electrons. The summed E-state index contributed by atoms with van der Waals surface area (Å²) in [5, 5.41) is 123. The first-order valence-corrected chi connectivity index (χ1v) is 18.5. The SMILES string of the molecule is CC(=O)N[C@H]1C(O)[C@H](O[C@@H]2OC(CO)[C@H](O)C(O[C@@H]3OC(C(=O)[O-])[C@@H](O)C(OS(=O)(=O)[O-])[C@@H]3O)[C@@H]2O)C(CO)O[C@H]1OC1[C@@H](OCCN=[N+]=[N-])OC(CO)[C@@H](O)[C@@H]1O.[Na+].[Na+]. The van der Waals surface area contributed by atoms with Gasteiger partial charge >= 0.3 is 59.1 Å². The summed E-state index contributed by atoms with van der Waals surface area (Å²) in [5.41, 5.74) is 8.56. The molecule has 0 aliphatic carbocycles. The van der Waals surface area contributed by atoms with Crippen molar-refractivity contribution in [2.75, 3.05) is 33.0 Å². The Morgan fingerprint density at radius 3 is 1.77 bits per heavy atom. The number of aliphatic hydroxyl groups is 10. The van der Waals surface area contributed by atoms with E-state index in [9.17, 15) is 78.7 Å². The maximum absolute atomic E-state index is 12.3. The molecular formula is C28H44N4Na2O25S. The number of hydrogen-bond acceptors (Lipinski definition) is 26. The van der Waals surface area contributed by atoms with Crippen LogP contribution >= 0.6 is 0 Å². The number of amides is 1. The van der Waals surface area contributed by atoms with Crippen molar-refractivity contribution in [3.05, 3.63) is 10.4 Å². The van der Waals surface area contributed by atoms with E-state index in [1.807, 2.05) is 0 Å². The minimum atomic E-state index is -5.73. The number of aliphatic carboxylic acids is 1. The summed E-state index contributed by atoms with van der Waals surface area (Å²) in [5.74, 6) is -3.04. The summed E-state index contributed by atoms with van der Waals surface area (Å²) < 4.78 is 82.0. The summed E-state index contributed by atoms with van der Waals surface area (Å²) in [6.07, 6.45) is -39.0. The predicted octanol–water partition coefficient (Wildman–Crippen LogP) is -16.0. The van der Waals surface area contributed by atoms with Gasteiger partial charge < -0.3 is 109 Å². The molecule has 1 amide bonds. The van der Waals surface area contributed by atoms with Crippen LogP contribution in [0.1, 0.15) is 6.92 Å². The number of carboxylic acids is 1. The van der Waals surface area contributed by atoms with Crippen molar-refractivity contribution in [2.45, 2.75) is 130 Å². The van der Waals surface area contributed by atoms with Crippen molar-refractivity contribution in [3.63, 3.8) is 0 Å². The van der Waals surface area contributed by atoms with E-state index in [-0.39, 0.29) is 72.3 Å². The van der Waals surface area contributed by atoms with Crippen LogP contribution in [0.25, 0.3) is 10.4 Å². The number of hydrogen-bond donors (Lipinski definition) is 11. The summed E-state index contributed by atoms with van der Waals surface area (Å²) >= 11 is 0. The average molecular weight is 915 g/mol. The number of nitrogens with one attached hydrogen (secondary N) is 1. The van der Waals surface area contributed by atoms with Crippen LogP contribution in [0.2, 0.25) is 0 Å². The Balaban J connectivity index is 0.00000620. The van der Waals surface area contributed by atoms with E-state index in [4.69, 9.17) is 43.4 Å². The van der Waals surface area contributed by atoms with Gasteiger partial charge in [0.2, 0.25) is 16.3 Å². The monoisotopic (exact) mass is 914 g/mol. The Morgan fingerprint density at radius 1 is 0.700 bits per heavy atom. The van der Waals surface area contributed by atoms with Crippen molar-refractivity contribution in [1.29, 1.82) is 0 Å². The summed E-state index contributed by atoms with van der Waals surface area (Å²) in [4.78, 5) is 26.5. The van der Waals surface area contributed by atoms with Gasteiger partial charge in [-0.1, -0.05) is 5.11 Å². The molecule has 0 spiro atoms. The van der Waals surface area contributed by atoms with Crippen LogP contribution < -0.4 is 69.5 Å². The fourth-order valence-corrected chi connectivity index (χ4v) is 7.01. The fourth-order valence-electron chi connectivity index (χ4n) is 6.51. The molecule has 0 bridgehead atoms. The molecule has 4 fully saturated rings. The second-order valence-corrected chi connectivity index (χ2v) is 14.2. The number of carbonyl (C=O) groups excluding carboxylic acids is 2. The van der Waals surface area contributed by atoms with Gasteiger partial charge in [-0.05, 0) is 5.53 Å². The Morgan fingerprint density at radius 2 is 1.22 bits per heavy atom. The number of rotatable bonds is 17. The van der Waals surface area contributed by atoms with E-state index >= 15 is 0 Å². The standard InChI is InChI=1S/C28H46N4O25S.2Na/c1-7(36)31-11-14(39)19(10(6-35)52-25(11)56-23-15(40)12(37)8(4-33)51-28(23)49-3-2-30-32-29)53-26-17(42)20(13(38)9(5-34)50-26)54-27-18(43)21(57-58(46,47)48)16(41)22(55-27)24(44)45;;/h8-23,25-28,33-35,37-43H,2-6H2,1H3,(H,31,36)(H,44,45)(H,46,47,48);;/q;2*+1/p-2/t8?,9?,10?,11-,12+,13-,14?,15-,16-,17-,18-,19+,20?,21?,22?,23?,25-,26-,27+,28-;;/m0../s1. The number of aliphatic hydroxyl groups excluding tert-OH is 10. The Labute approximate surface area is 383 Å². The second kappa shape index (κ2) is 24.6. The van der Waals surface area contributed by atoms with Crippen molar-refractivity contribution < 1.29 is 180 Å². The van der Waals surface area contributed by atoms with E-state index in [2.05, 4.69) is 19.5 Å². The minimum absolute atomic E-state index is 0. The van der Waals surface area contributed by atoms with Crippen molar-refractivity contribution in [3.8, 4) is 0 Å². The smallest absolute Gasteiger partial charge is 0.726 e. The molecule has 11 N–H and O–H groups in total. The normalized spacial score (nSPS) is 42.1. The molecule has 0 aromatic heterocycles. The zero-order valence-electron chi connectivity index (χ0n) is 31.9. The largest absolute Gasteiger partial charge is 1.00 e. The Kier molecular flexibility index (Phi) is 22.8. The Bertz CT molecular complexity index is 1540. The third-order valence-corrected chi connectivity index (χ3v) is 9.74. The first-order chi connectivity index (χ1) is 27.3. The molecule has 0 saturated carbocycles. The number of carbonyl (C=O) groups is 2. The maximum atomic E-state index is 12.3. The average Bonchev–Trinajstić information content (AvgIpc) is 3.16. The summed E-state index contributed by atoms with van der Waals surface area (Å²) in [7, 11) is -5.73. The van der Waals surface area contributed by atoms with Crippen LogP contribution in [0.5, 0.6) is 0 Å². The van der Waals surface area contributed by atoms with Gasteiger partial charge in [-0.15, -0.1) is 0 Å². The third-order valence-electron chi connectivity index (χ3n) is 9.28. The van der Waals surface area contributed by atoms with E-state index in [1.54, 1.807) is 0 Å². The molecular weight excluding hydrogens is 870 g/mol. The molecule has 0 aromatic carbocycles. The van der Waals surface area contributed by atoms with Crippen LogP contribution in [0.4, 0.5) is 0 Å². The third kappa shape index (κ3) is 13.5. The number of ether oxygens (including phenoxy) is 8. The number of nitrogens with zero attached hydrogens (tertiary/aromatic N) is 3. The van der Waals surface area contributed by atoms with Gasteiger partial charge in [-0.2, -0.15) is 0 Å². The van der Waals surface area contributed by atoms with Gasteiger partial charge in [0.25, 0.3) is 0 Å². The molecule has 8 unspecified atom stereocenters. The van der Waals surface area contributed by atoms with Crippen LogP contribution in [0, 0.1) is 0 Å². The zero-order chi connectivity index (χ0) is 43.2. The van der Waals surface area contributed by atoms with Crippen LogP contribution in [-0.2, 0) is 62.1 Å². The molecule has 4 saturated heterocycles. The van der Waals surface area contributed by atoms with E-state index in [0.717, 1.165) is 6.92 Å². The van der Waals surface area contributed by atoms with Crippen LogP contribution in [-0.4, -0.2) is 232 Å². The molecule has 29 nitrogen and oxygen atoms in total. The van der Waals surface area contributed by atoms with Crippen molar-refractivity contribution in [2.24, 2.45) is 5.11 Å². The van der Waals surface area contributed by atoms with Crippen molar-refractivity contribution >= 4 is 22.3 Å². The molecule has 4 aliphatic heterocycles. The molecule has 334 valence electrons. The molecule has 20 atom stereocenters. The maximum Gasteiger partial charge on any atom is 1.00 e. The van der Waals surface area contributed by atoms with Crippen LogP contribution in [0.15, 0.2) is 5.11 Å². The van der Waals surface area contributed by atoms with Gasteiger partial charge in [0.15, 0.2) is 25.2 Å². The predicted molar refractivity (Wildman–Crippen MR) is 170 cm³/mol. The quantitative estimate of drug-likeness (QED) is 0.0123. The minimum Gasteiger partial charge on any atom is -0.726 e. The van der Waals surface area contributed by atoms with Gasteiger partial charge in [0, 0.05) is 18.4 Å². The first kappa shape index (κ1) is 55.5. The fraction of sp³-hybridized carbons (Fsp3) is 0.929. The van der Waals surface area contributed by atoms with Gasteiger partial charge in [0.1, 0.15) is 97.6 Å². The van der Waals surface area contributed by atoms with E-state index in [0.29, 0.717) is 0 Å². The van der Waals surface area contributed by atoms with E-state index in [1.165, 1.54) is 0 Å². The summed E-state index contributed by atoms with van der Waals surface area (Å²) in [6.45, 7) is -2.46. The molecule has 4 heterocycles. The van der Waals surface area contributed by atoms with Gasteiger partial charge in [-0.25, -0.2) is 8.42 Å². The summed E-state index contributed by atoms with van der Waals surface area (Å²) in [6, 6.07) is -1.71. The van der Waals surface area contributed by atoms with Crippen LogP contribution in [0.3, 0.4) is 0 Å². The molecule has 60 heavy (non-hydrogen) atoms. The molecule has 0 aromatic rings. The Hall–Kier alpha value is -0.600.